The summed E-state index contributed by atoms with van der Waals surface area (Å²) in [7, 11) is 0. The second-order valence-electron chi connectivity index (χ2n) is 7.51. The second-order valence-corrected chi connectivity index (χ2v) is 7.99. The van der Waals surface area contributed by atoms with Crippen molar-refractivity contribution >= 4 is 12.6 Å². The molecule has 4 aromatic rings. The molecule has 5 rings (SSSR count). The minimum absolute atomic E-state index is 0.282. The third kappa shape index (κ3) is 3.06. The summed E-state index contributed by atoms with van der Waals surface area (Å²) in [4.78, 5) is 1.06. The van der Waals surface area contributed by atoms with Crippen molar-refractivity contribution in [1.29, 1.82) is 0 Å². The SMILES string of the molecule is Sc1ccccc1Cc1ccccc1C1c2ccccc2Cc2ccccc21. The minimum atomic E-state index is 0.282. The molecule has 0 amide bonds. The molecule has 0 aromatic heterocycles. The standard InChI is InChI=1S/C27H22S/c28-26-16-8-4-12-22(26)18-21-11-3-7-15-25(21)27-23-13-5-1-9-19(23)17-20-10-2-6-14-24(20)27/h1-16,27-28H,17-18H2. The summed E-state index contributed by atoms with van der Waals surface area (Å²) in [5, 5.41) is 0. The molecule has 0 atom stereocenters. The maximum atomic E-state index is 4.68. The largest absolute Gasteiger partial charge is 0.143 e. The van der Waals surface area contributed by atoms with Gasteiger partial charge in [-0.05, 0) is 57.9 Å². The van der Waals surface area contributed by atoms with Crippen molar-refractivity contribution in [2.24, 2.45) is 0 Å². The molecule has 0 aliphatic heterocycles. The van der Waals surface area contributed by atoms with Crippen LogP contribution >= 0.6 is 12.6 Å². The number of rotatable bonds is 3. The fraction of sp³-hybridized carbons (Fsp3) is 0.111. The first-order valence-electron chi connectivity index (χ1n) is 9.81. The Kier molecular flexibility index (Phi) is 4.54. The van der Waals surface area contributed by atoms with Gasteiger partial charge in [0.15, 0.2) is 0 Å². The number of hydrogen-bond donors (Lipinski definition) is 1. The van der Waals surface area contributed by atoms with Crippen LogP contribution in [-0.2, 0) is 12.8 Å². The summed E-state index contributed by atoms with van der Waals surface area (Å²) in [6.45, 7) is 0. The van der Waals surface area contributed by atoms with E-state index in [-0.39, 0.29) is 5.92 Å². The van der Waals surface area contributed by atoms with Gasteiger partial charge >= 0.3 is 0 Å². The van der Waals surface area contributed by atoms with Crippen molar-refractivity contribution in [2.75, 3.05) is 0 Å². The molecule has 0 saturated carbocycles. The maximum absolute atomic E-state index is 4.68. The lowest BCUT2D eigenvalue weighted by atomic mass is 9.73. The summed E-state index contributed by atoms with van der Waals surface area (Å²) in [6, 6.07) is 35.1. The predicted molar refractivity (Wildman–Crippen MR) is 120 cm³/mol. The third-order valence-corrected chi connectivity index (χ3v) is 6.29. The Hall–Kier alpha value is -2.77. The van der Waals surface area contributed by atoms with E-state index in [1.807, 2.05) is 6.07 Å². The monoisotopic (exact) mass is 378 g/mol. The van der Waals surface area contributed by atoms with Crippen molar-refractivity contribution in [1.82, 2.24) is 0 Å². The van der Waals surface area contributed by atoms with Gasteiger partial charge in [0.25, 0.3) is 0 Å². The van der Waals surface area contributed by atoms with Crippen LogP contribution in [0.3, 0.4) is 0 Å². The van der Waals surface area contributed by atoms with Crippen molar-refractivity contribution < 1.29 is 0 Å². The van der Waals surface area contributed by atoms with E-state index in [1.54, 1.807) is 0 Å². The van der Waals surface area contributed by atoms with Crippen LogP contribution in [0, 0.1) is 0 Å². The Bertz CT molecular complexity index is 1100. The zero-order valence-corrected chi connectivity index (χ0v) is 16.6. The van der Waals surface area contributed by atoms with E-state index in [1.165, 1.54) is 38.9 Å². The molecule has 1 aliphatic rings. The van der Waals surface area contributed by atoms with Gasteiger partial charge in [0.2, 0.25) is 0 Å². The van der Waals surface area contributed by atoms with Crippen molar-refractivity contribution in [3.63, 3.8) is 0 Å². The molecular formula is C27H22S. The van der Waals surface area contributed by atoms with Crippen molar-refractivity contribution in [3.8, 4) is 0 Å². The van der Waals surface area contributed by atoms with Crippen molar-refractivity contribution in [2.45, 2.75) is 23.7 Å². The first-order valence-corrected chi connectivity index (χ1v) is 10.3. The van der Waals surface area contributed by atoms with Crippen LogP contribution in [0.25, 0.3) is 0 Å². The summed E-state index contributed by atoms with van der Waals surface area (Å²) >= 11 is 4.68. The van der Waals surface area contributed by atoms with E-state index in [0.717, 1.165) is 17.7 Å². The Morgan fingerprint density at radius 3 is 1.71 bits per heavy atom. The van der Waals surface area contributed by atoms with Crippen LogP contribution in [-0.4, -0.2) is 0 Å². The maximum Gasteiger partial charge on any atom is 0.0348 e. The highest BCUT2D eigenvalue weighted by Gasteiger charge is 2.27. The van der Waals surface area contributed by atoms with Gasteiger partial charge in [0.1, 0.15) is 0 Å². The molecule has 1 heteroatoms. The predicted octanol–water partition coefficient (Wildman–Crippen LogP) is 6.65. The lowest BCUT2D eigenvalue weighted by Crippen LogP contribution is -2.16. The number of fused-ring (bicyclic) bond motifs is 2. The number of hydrogen-bond acceptors (Lipinski definition) is 1. The molecule has 4 aromatic carbocycles. The average Bonchev–Trinajstić information content (AvgIpc) is 2.74. The molecule has 0 unspecified atom stereocenters. The Balaban J connectivity index is 1.68. The van der Waals surface area contributed by atoms with Crippen LogP contribution in [0.1, 0.15) is 44.9 Å². The molecule has 0 saturated heterocycles. The van der Waals surface area contributed by atoms with Gasteiger partial charge in [0, 0.05) is 10.8 Å². The topological polar surface area (TPSA) is 0 Å². The normalized spacial score (nSPS) is 13.0. The van der Waals surface area contributed by atoms with Gasteiger partial charge < -0.3 is 0 Å². The molecule has 1 aliphatic carbocycles. The molecule has 0 N–H and O–H groups in total. The quantitative estimate of drug-likeness (QED) is 0.334. The van der Waals surface area contributed by atoms with Crippen LogP contribution in [0.4, 0.5) is 0 Å². The minimum Gasteiger partial charge on any atom is -0.143 e. The lowest BCUT2D eigenvalue weighted by Gasteiger charge is -2.30. The van der Waals surface area contributed by atoms with E-state index in [4.69, 9.17) is 0 Å². The smallest absolute Gasteiger partial charge is 0.0348 e. The molecule has 0 heterocycles. The van der Waals surface area contributed by atoms with Gasteiger partial charge in [-0.3, -0.25) is 0 Å². The molecule has 136 valence electrons. The van der Waals surface area contributed by atoms with E-state index >= 15 is 0 Å². The van der Waals surface area contributed by atoms with Gasteiger partial charge in [-0.1, -0.05) is 91.0 Å². The second kappa shape index (κ2) is 7.33. The molecule has 0 nitrogen and oxygen atoms in total. The molecule has 0 fully saturated rings. The first kappa shape index (κ1) is 17.3. The van der Waals surface area contributed by atoms with Gasteiger partial charge in [-0.2, -0.15) is 0 Å². The van der Waals surface area contributed by atoms with Crippen molar-refractivity contribution in [3.05, 3.63) is 136 Å². The zero-order valence-electron chi connectivity index (χ0n) is 15.7. The van der Waals surface area contributed by atoms with Crippen LogP contribution in [0.15, 0.2) is 102 Å². The van der Waals surface area contributed by atoms with Gasteiger partial charge in [0.05, 0.1) is 0 Å². The number of thiol groups is 1. The molecule has 28 heavy (non-hydrogen) atoms. The molecule has 0 bridgehead atoms. The van der Waals surface area contributed by atoms with Crippen LogP contribution in [0.5, 0.6) is 0 Å². The van der Waals surface area contributed by atoms with E-state index in [2.05, 4.69) is 104 Å². The van der Waals surface area contributed by atoms with Gasteiger partial charge in [-0.25, -0.2) is 0 Å². The Morgan fingerprint density at radius 2 is 1.07 bits per heavy atom. The third-order valence-electron chi connectivity index (χ3n) is 5.85. The average molecular weight is 379 g/mol. The number of benzene rings is 4. The highest BCUT2D eigenvalue weighted by molar-refractivity contribution is 7.80. The van der Waals surface area contributed by atoms with Gasteiger partial charge in [-0.15, -0.1) is 12.6 Å². The Morgan fingerprint density at radius 1 is 0.571 bits per heavy atom. The summed E-state index contributed by atoms with van der Waals surface area (Å²) in [5.41, 5.74) is 9.81. The fourth-order valence-corrected chi connectivity index (χ4v) is 4.74. The molecular weight excluding hydrogens is 356 g/mol. The highest BCUT2D eigenvalue weighted by Crippen LogP contribution is 2.42. The summed E-state index contributed by atoms with van der Waals surface area (Å²) in [6.07, 6.45) is 1.92. The van der Waals surface area contributed by atoms with Crippen LogP contribution < -0.4 is 0 Å². The van der Waals surface area contributed by atoms with E-state index < -0.39 is 0 Å². The summed E-state index contributed by atoms with van der Waals surface area (Å²) in [5.74, 6) is 0.282. The van der Waals surface area contributed by atoms with E-state index in [0.29, 0.717) is 0 Å². The zero-order chi connectivity index (χ0) is 18.9. The lowest BCUT2D eigenvalue weighted by molar-refractivity contribution is 0.869. The fourth-order valence-electron chi connectivity index (χ4n) is 4.50. The first-order chi connectivity index (χ1) is 13.8. The van der Waals surface area contributed by atoms with E-state index in [9.17, 15) is 0 Å². The summed E-state index contributed by atoms with van der Waals surface area (Å²) < 4.78 is 0. The molecule has 0 radical (unpaired) electrons. The Labute approximate surface area is 172 Å². The molecule has 0 spiro atoms. The van der Waals surface area contributed by atoms with Crippen LogP contribution in [0.2, 0.25) is 0 Å². The highest BCUT2D eigenvalue weighted by atomic mass is 32.1.